The van der Waals surface area contributed by atoms with Gasteiger partial charge in [0.15, 0.2) is 6.10 Å². The molecule has 0 saturated carbocycles. The lowest BCUT2D eigenvalue weighted by Gasteiger charge is -2.10. The molecule has 0 fully saturated rings. The molecule has 0 heterocycles. The molecule has 1 atom stereocenters. The van der Waals surface area contributed by atoms with E-state index in [2.05, 4.69) is 0 Å². The van der Waals surface area contributed by atoms with Gasteiger partial charge in [-0.2, -0.15) is 0 Å². The van der Waals surface area contributed by atoms with Crippen LogP contribution in [0.4, 0.5) is 0 Å². The molecule has 0 aromatic heterocycles. The van der Waals surface area contributed by atoms with E-state index in [0.717, 1.165) is 5.56 Å². The first-order valence-electron chi connectivity index (χ1n) is 5.74. The highest BCUT2D eigenvalue weighted by Crippen LogP contribution is 2.11. The van der Waals surface area contributed by atoms with Gasteiger partial charge in [-0.25, -0.2) is 4.79 Å². The molecular formula is C15H14O3. The summed E-state index contributed by atoms with van der Waals surface area (Å²) in [4.78, 5) is 11.6. The second kappa shape index (κ2) is 5.98. The van der Waals surface area contributed by atoms with Crippen LogP contribution in [0.15, 0.2) is 60.7 Å². The molecule has 2 aromatic rings. The smallest absolute Gasteiger partial charge is 0.340 e. The van der Waals surface area contributed by atoms with Gasteiger partial charge in [0.1, 0.15) is 5.75 Å². The van der Waals surface area contributed by atoms with Gasteiger partial charge in [0, 0.05) is 6.42 Å². The van der Waals surface area contributed by atoms with Gasteiger partial charge in [0.2, 0.25) is 0 Å². The van der Waals surface area contributed by atoms with E-state index < -0.39 is 12.1 Å². The summed E-state index contributed by atoms with van der Waals surface area (Å²) in [5, 5.41) is 9.76. The molecule has 0 spiro atoms. The van der Waals surface area contributed by atoms with Gasteiger partial charge < -0.3 is 9.84 Å². The van der Waals surface area contributed by atoms with Crippen LogP contribution < -0.4 is 4.74 Å². The van der Waals surface area contributed by atoms with Gasteiger partial charge in [-0.1, -0.05) is 48.5 Å². The highest BCUT2D eigenvalue weighted by atomic mass is 16.5. The Labute approximate surface area is 106 Å². The number of aliphatic hydroxyl groups excluding tert-OH is 1. The SMILES string of the molecule is O=C(Oc1ccccc1)C(O)Cc1ccccc1. The number of hydrogen-bond donors (Lipinski definition) is 1. The molecular weight excluding hydrogens is 228 g/mol. The summed E-state index contributed by atoms with van der Waals surface area (Å²) < 4.78 is 5.06. The van der Waals surface area contributed by atoms with Crippen molar-refractivity contribution in [2.75, 3.05) is 0 Å². The summed E-state index contributed by atoms with van der Waals surface area (Å²) in [6.45, 7) is 0. The number of ether oxygens (including phenoxy) is 1. The molecule has 0 saturated heterocycles. The Bertz CT molecular complexity index is 494. The van der Waals surface area contributed by atoms with Crippen molar-refractivity contribution < 1.29 is 14.6 Å². The van der Waals surface area contributed by atoms with Crippen LogP contribution in [0, 0.1) is 0 Å². The number of benzene rings is 2. The van der Waals surface area contributed by atoms with E-state index in [4.69, 9.17) is 4.74 Å². The summed E-state index contributed by atoms with van der Waals surface area (Å²) >= 11 is 0. The van der Waals surface area contributed by atoms with Gasteiger partial charge in [-0.15, -0.1) is 0 Å². The predicted molar refractivity (Wildman–Crippen MR) is 68.2 cm³/mol. The zero-order chi connectivity index (χ0) is 12.8. The Morgan fingerprint density at radius 2 is 1.56 bits per heavy atom. The molecule has 0 bridgehead atoms. The van der Waals surface area contributed by atoms with E-state index in [-0.39, 0.29) is 6.42 Å². The first-order chi connectivity index (χ1) is 8.75. The Balaban J connectivity index is 1.93. The second-order valence-corrected chi connectivity index (χ2v) is 3.94. The Morgan fingerprint density at radius 1 is 1.00 bits per heavy atom. The van der Waals surface area contributed by atoms with Crippen molar-refractivity contribution in [1.29, 1.82) is 0 Å². The minimum atomic E-state index is -1.15. The molecule has 3 nitrogen and oxygen atoms in total. The highest BCUT2D eigenvalue weighted by Gasteiger charge is 2.17. The van der Waals surface area contributed by atoms with Crippen molar-refractivity contribution in [1.82, 2.24) is 0 Å². The third-order valence-corrected chi connectivity index (χ3v) is 2.51. The second-order valence-electron chi connectivity index (χ2n) is 3.94. The molecule has 0 amide bonds. The molecule has 0 aliphatic carbocycles. The molecule has 2 aromatic carbocycles. The highest BCUT2D eigenvalue weighted by molar-refractivity contribution is 5.77. The Kier molecular flexibility index (Phi) is 4.10. The first-order valence-corrected chi connectivity index (χ1v) is 5.74. The van der Waals surface area contributed by atoms with Gasteiger partial charge in [-0.05, 0) is 17.7 Å². The van der Waals surface area contributed by atoms with Gasteiger partial charge >= 0.3 is 5.97 Å². The van der Waals surface area contributed by atoms with Crippen LogP contribution in [-0.4, -0.2) is 17.2 Å². The van der Waals surface area contributed by atoms with Crippen LogP contribution >= 0.6 is 0 Å². The van der Waals surface area contributed by atoms with Crippen LogP contribution in [0.1, 0.15) is 5.56 Å². The standard InChI is InChI=1S/C15H14O3/c16-14(11-12-7-3-1-4-8-12)15(17)18-13-9-5-2-6-10-13/h1-10,14,16H,11H2. The van der Waals surface area contributed by atoms with Crippen molar-refractivity contribution in [3.63, 3.8) is 0 Å². The lowest BCUT2D eigenvalue weighted by Crippen LogP contribution is -2.27. The third-order valence-electron chi connectivity index (χ3n) is 2.51. The number of carbonyl (C=O) groups is 1. The summed E-state index contributed by atoms with van der Waals surface area (Å²) in [5.41, 5.74) is 0.898. The maximum absolute atomic E-state index is 11.6. The predicted octanol–water partition coefficient (Wildman–Crippen LogP) is 2.20. The number of aliphatic hydroxyl groups is 1. The molecule has 0 aliphatic rings. The fourth-order valence-electron chi connectivity index (χ4n) is 1.59. The minimum absolute atomic E-state index is 0.256. The van der Waals surface area contributed by atoms with Crippen LogP contribution in [0.25, 0.3) is 0 Å². The van der Waals surface area contributed by atoms with Crippen molar-refractivity contribution >= 4 is 5.97 Å². The fraction of sp³-hybridized carbons (Fsp3) is 0.133. The van der Waals surface area contributed by atoms with Gasteiger partial charge in [0.05, 0.1) is 0 Å². The summed E-state index contributed by atoms with van der Waals surface area (Å²) in [5.74, 6) is -0.195. The van der Waals surface area contributed by atoms with Crippen LogP contribution in [0.3, 0.4) is 0 Å². The lowest BCUT2D eigenvalue weighted by atomic mass is 10.1. The lowest BCUT2D eigenvalue weighted by molar-refractivity contribution is -0.143. The number of esters is 1. The first kappa shape index (κ1) is 12.3. The number of para-hydroxylation sites is 1. The third kappa shape index (κ3) is 3.43. The number of rotatable bonds is 4. The molecule has 2 rings (SSSR count). The van der Waals surface area contributed by atoms with Crippen LogP contribution in [0.2, 0.25) is 0 Å². The summed E-state index contributed by atoms with van der Waals surface area (Å²) in [7, 11) is 0. The van der Waals surface area contributed by atoms with Crippen LogP contribution in [0.5, 0.6) is 5.75 Å². The molecule has 1 unspecified atom stereocenters. The van der Waals surface area contributed by atoms with E-state index in [0.29, 0.717) is 5.75 Å². The zero-order valence-corrected chi connectivity index (χ0v) is 9.82. The molecule has 0 radical (unpaired) electrons. The van der Waals surface area contributed by atoms with Crippen molar-refractivity contribution in [2.24, 2.45) is 0 Å². The van der Waals surface area contributed by atoms with Crippen molar-refractivity contribution in [2.45, 2.75) is 12.5 Å². The van der Waals surface area contributed by atoms with Gasteiger partial charge in [-0.3, -0.25) is 0 Å². The van der Waals surface area contributed by atoms with E-state index in [1.807, 2.05) is 36.4 Å². The normalized spacial score (nSPS) is 11.8. The number of hydrogen-bond acceptors (Lipinski definition) is 3. The molecule has 92 valence electrons. The minimum Gasteiger partial charge on any atom is -0.425 e. The monoisotopic (exact) mass is 242 g/mol. The average Bonchev–Trinajstić information content (AvgIpc) is 2.41. The van der Waals surface area contributed by atoms with Gasteiger partial charge in [0.25, 0.3) is 0 Å². The molecule has 18 heavy (non-hydrogen) atoms. The van der Waals surface area contributed by atoms with Crippen LogP contribution in [-0.2, 0) is 11.2 Å². The maximum Gasteiger partial charge on any atom is 0.340 e. The van der Waals surface area contributed by atoms with E-state index in [9.17, 15) is 9.90 Å². The quantitative estimate of drug-likeness (QED) is 0.660. The topological polar surface area (TPSA) is 46.5 Å². The van der Waals surface area contributed by atoms with E-state index in [1.165, 1.54) is 0 Å². The van der Waals surface area contributed by atoms with Crippen molar-refractivity contribution in [3.05, 3.63) is 66.2 Å². The summed E-state index contributed by atoms with van der Waals surface area (Å²) in [6.07, 6.45) is -0.889. The largest absolute Gasteiger partial charge is 0.425 e. The average molecular weight is 242 g/mol. The van der Waals surface area contributed by atoms with Crippen molar-refractivity contribution in [3.8, 4) is 5.75 Å². The van der Waals surface area contributed by atoms with E-state index in [1.54, 1.807) is 24.3 Å². The maximum atomic E-state index is 11.6. The Morgan fingerprint density at radius 3 is 2.17 bits per heavy atom. The number of carbonyl (C=O) groups excluding carboxylic acids is 1. The van der Waals surface area contributed by atoms with E-state index >= 15 is 0 Å². The molecule has 0 aliphatic heterocycles. The molecule has 3 heteroatoms. The fourth-order valence-corrected chi connectivity index (χ4v) is 1.59. The summed E-state index contributed by atoms with van der Waals surface area (Å²) in [6, 6.07) is 18.1. The Hall–Kier alpha value is -2.13. The molecule has 1 N–H and O–H groups in total. The zero-order valence-electron chi connectivity index (χ0n) is 9.82.